The number of aliphatic hydroxyl groups is 1. The minimum absolute atomic E-state index is 0.216. The van der Waals surface area contributed by atoms with Crippen molar-refractivity contribution in [2.24, 2.45) is 10.8 Å². The van der Waals surface area contributed by atoms with E-state index in [1.807, 2.05) is 0 Å². The zero-order valence-electron chi connectivity index (χ0n) is 8.69. The van der Waals surface area contributed by atoms with E-state index in [4.69, 9.17) is 0 Å². The maximum absolute atomic E-state index is 9.25. The molecule has 0 radical (unpaired) electrons. The highest BCUT2D eigenvalue weighted by molar-refractivity contribution is 4.82. The van der Waals surface area contributed by atoms with Crippen molar-refractivity contribution < 1.29 is 5.11 Å². The van der Waals surface area contributed by atoms with Crippen molar-refractivity contribution in [3.63, 3.8) is 0 Å². The maximum atomic E-state index is 9.25. The fourth-order valence-corrected chi connectivity index (χ4v) is 2.04. The fourth-order valence-electron chi connectivity index (χ4n) is 2.04. The van der Waals surface area contributed by atoms with Crippen LogP contribution in [-0.2, 0) is 0 Å². The molecule has 1 heteroatoms. The first kappa shape index (κ1) is 10.0. The zero-order chi connectivity index (χ0) is 9.24. The Morgan fingerprint density at radius 2 is 1.67 bits per heavy atom. The van der Waals surface area contributed by atoms with E-state index in [0.717, 1.165) is 0 Å². The summed E-state index contributed by atoms with van der Waals surface area (Å²) < 4.78 is 0. The molecule has 1 N–H and O–H groups in total. The van der Waals surface area contributed by atoms with Crippen molar-refractivity contribution in [3.8, 4) is 0 Å². The summed E-state index contributed by atoms with van der Waals surface area (Å²) in [5.41, 5.74) is 0.723. The summed E-state index contributed by atoms with van der Waals surface area (Å²) in [4.78, 5) is 0. The van der Waals surface area contributed by atoms with Crippen molar-refractivity contribution in [2.75, 3.05) is 6.61 Å². The maximum Gasteiger partial charge on any atom is 0.0484 e. The van der Waals surface area contributed by atoms with Gasteiger partial charge in [0.1, 0.15) is 0 Å². The van der Waals surface area contributed by atoms with Gasteiger partial charge < -0.3 is 5.11 Å². The van der Waals surface area contributed by atoms with Gasteiger partial charge in [-0.2, -0.15) is 0 Å². The molecule has 0 spiro atoms. The predicted octanol–water partition coefficient (Wildman–Crippen LogP) is 2.98. The number of hydrogen-bond donors (Lipinski definition) is 1. The molecule has 0 amide bonds. The molecule has 1 aliphatic carbocycles. The largest absolute Gasteiger partial charge is 0.396 e. The molecule has 0 saturated heterocycles. The monoisotopic (exact) mass is 170 g/mol. The number of aliphatic hydroxyl groups excluding tert-OH is 1. The summed E-state index contributed by atoms with van der Waals surface area (Å²) in [6, 6.07) is 0. The third-order valence-electron chi connectivity index (χ3n) is 3.42. The summed E-state index contributed by atoms with van der Waals surface area (Å²) in [5, 5.41) is 9.25. The van der Waals surface area contributed by atoms with Gasteiger partial charge in [-0.25, -0.2) is 0 Å². The van der Waals surface area contributed by atoms with Gasteiger partial charge in [-0.15, -0.1) is 0 Å². The molecule has 1 unspecified atom stereocenters. The van der Waals surface area contributed by atoms with Crippen LogP contribution in [-0.4, -0.2) is 11.7 Å². The average Bonchev–Trinajstić information content (AvgIpc) is 2.13. The third kappa shape index (κ3) is 2.48. The van der Waals surface area contributed by atoms with Gasteiger partial charge >= 0.3 is 0 Å². The number of hydrogen-bond acceptors (Lipinski definition) is 1. The summed E-state index contributed by atoms with van der Waals surface area (Å²) in [6.45, 7) is 7.27. The van der Waals surface area contributed by atoms with E-state index < -0.39 is 0 Å². The smallest absolute Gasteiger partial charge is 0.0484 e. The first-order valence-corrected chi connectivity index (χ1v) is 5.08. The van der Waals surface area contributed by atoms with Crippen LogP contribution in [0.5, 0.6) is 0 Å². The van der Waals surface area contributed by atoms with Gasteiger partial charge in [0, 0.05) is 6.61 Å². The van der Waals surface area contributed by atoms with Crippen LogP contribution in [0.1, 0.15) is 52.9 Å². The number of rotatable bonds is 1. The summed E-state index contributed by atoms with van der Waals surface area (Å²) in [6.07, 6.45) is 6.26. The lowest BCUT2D eigenvalue weighted by Crippen LogP contribution is -2.20. The van der Waals surface area contributed by atoms with E-state index in [-0.39, 0.29) is 5.41 Å². The molecule has 1 saturated carbocycles. The molecule has 72 valence electrons. The van der Waals surface area contributed by atoms with Crippen LogP contribution >= 0.6 is 0 Å². The van der Waals surface area contributed by atoms with Crippen LogP contribution in [0.3, 0.4) is 0 Å². The molecule has 1 rings (SSSR count). The molecule has 0 aromatic carbocycles. The van der Waals surface area contributed by atoms with Gasteiger partial charge in [0.15, 0.2) is 0 Å². The van der Waals surface area contributed by atoms with E-state index in [1.165, 1.54) is 32.1 Å². The molecule has 0 aromatic heterocycles. The topological polar surface area (TPSA) is 20.2 Å². The second kappa shape index (κ2) is 3.37. The summed E-state index contributed by atoms with van der Waals surface area (Å²) >= 11 is 0. The highest BCUT2D eigenvalue weighted by atomic mass is 16.3. The Bertz CT molecular complexity index is 151. The first-order valence-electron chi connectivity index (χ1n) is 5.08. The Hall–Kier alpha value is -0.0400. The second-order valence-corrected chi connectivity index (χ2v) is 5.49. The molecule has 0 aliphatic heterocycles. The van der Waals surface area contributed by atoms with Crippen molar-refractivity contribution in [3.05, 3.63) is 0 Å². The lowest BCUT2D eigenvalue weighted by Gasteiger charge is -2.26. The summed E-state index contributed by atoms with van der Waals surface area (Å²) in [5.74, 6) is 0. The van der Waals surface area contributed by atoms with Crippen LogP contribution in [0.25, 0.3) is 0 Å². The molecule has 0 aromatic rings. The van der Waals surface area contributed by atoms with E-state index in [2.05, 4.69) is 20.8 Å². The quantitative estimate of drug-likeness (QED) is 0.600. The highest BCUT2D eigenvalue weighted by Gasteiger charge is 2.31. The van der Waals surface area contributed by atoms with Crippen LogP contribution in [0, 0.1) is 10.8 Å². The molecule has 1 aliphatic rings. The minimum Gasteiger partial charge on any atom is -0.396 e. The van der Waals surface area contributed by atoms with Gasteiger partial charge in [0.05, 0.1) is 0 Å². The Balaban J connectivity index is 2.56. The Labute approximate surface area is 76.2 Å². The zero-order valence-corrected chi connectivity index (χ0v) is 8.69. The minimum atomic E-state index is 0.216. The average molecular weight is 170 g/mol. The molecule has 1 atom stereocenters. The molecule has 0 heterocycles. The molecular weight excluding hydrogens is 148 g/mol. The fraction of sp³-hybridized carbons (Fsp3) is 1.00. The summed E-state index contributed by atoms with van der Waals surface area (Å²) in [7, 11) is 0. The van der Waals surface area contributed by atoms with E-state index in [1.54, 1.807) is 0 Å². The standard InChI is InChI=1S/C11H22O/c1-10(2)5-4-6-11(3,9-12)8-7-10/h12H,4-9H2,1-3H3. The van der Waals surface area contributed by atoms with Gasteiger partial charge in [-0.05, 0) is 36.5 Å². The van der Waals surface area contributed by atoms with E-state index in [9.17, 15) is 5.11 Å². The van der Waals surface area contributed by atoms with E-state index >= 15 is 0 Å². The van der Waals surface area contributed by atoms with Crippen LogP contribution in [0.15, 0.2) is 0 Å². The van der Waals surface area contributed by atoms with Gasteiger partial charge in [-0.3, -0.25) is 0 Å². The molecular formula is C11H22O. The SMILES string of the molecule is CC1(C)CCCC(C)(CO)CC1. The van der Waals surface area contributed by atoms with Crippen molar-refractivity contribution >= 4 is 0 Å². The van der Waals surface area contributed by atoms with Crippen molar-refractivity contribution in [1.29, 1.82) is 0 Å². The first-order chi connectivity index (χ1) is 5.47. The van der Waals surface area contributed by atoms with Crippen LogP contribution in [0.4, 0.5) is 0 Å². The molecule has 1 fully saturated rings. The van der Waals surface area contributed by atoms with Crippen LogP contribution in [0.2, 0.25) is 0 Å². The lowest BCUT2D eigenvalue weighted by molar-refractivity contribution is 0.121. The van der Waals surface area contributed by atoms with Crippen molar-refractivity contribution in [1.82, 2.24) is 0 Å². The van der Waals surface area contributed by atoms with Gasteiger partial charge in [0.2, 0.25) is 0 Å². The molecule has 0 bridgehead atoms. The second-order valence-electron chi connectivity index (χ2n) is 5.49. The predicted molar refractivity (Wildman–Crippen MR) is 52.1 cm³/mol. The van der Waals surface area contributed by atoms with Gasteiger partial charge in [0.25, 0.3) is 0 Å². The normalized spacial score (nSPS) is 36.0. The molecule has 1 nitrogen and oxygen atoms in total. The molecule has 12 heavy (non-hydrogen) atoms. The van der Waals surface area contributed by atoms with Crippen molar-refractivity contribution in [2.45, 2.75) is 52.9 Å². The lowest BCUT2D eigenvalue weighted by atomic mass is 9.81. The Morgan fingerprint density at radius 3 is 2.25 bits per heavy atom. The van der Waals surface area contributed by atoms with Gasteiger partial charge in [-0.1, -0.05) is 27.2 Å². The Morgan fingerprint density at radius 1 is 1.00 bits per heavy atom. The Kier molecular flexibility index (Phi) is 2.82. The highest BCUT2D eigenvalue weighted by Crippen LogP contribution is 2.41. The van der Waals surface area contributed by atoms with Crippen LogP contribution < -0.4 is 0 Å². The third-order valence-corrected chi connectivity index (χ3v) is 3.42. The van der Waals surface area contributed by atoms with E-state index in [0.29, 0.717) is 12.0 Å².